The van der Waals surface area contributed by atoms with Crippen LogP contribution in [0, 0.1) is 12.7 Å². The van der Waals surface area contributed by atoms with E-state index >= 15 is 0 Å². The zero-order chi connectivity index (χ0) is 15.2. The van der Waals surface area contributed by atoms with Crippen molar-refractivity contribution in [3.63, 3.8) is 0 Å². The number of hydrogen-bond donors (Lipinski definition) is 2. The Kier molecular flexibility index (Phi) is 4.45. The maximum atomic E-state index is 12.9. The molecule has 108 valence electrons. The van der Waals surface area contributed by atoms with Crippen LogP contribution in [-0.2, 0) is 9.59 Å². The first-order valence-electron chi connectivity index (χ1n) is 6.01. The van der Waals surface area contributed by atoms with Crippen molar-refractivity contribution in [3.8, 4) is 0 Å². The van der Waals surface area contributed by atoms with Crippen LogP contribution >= 0.6 is 0 Å². The van der Waals surface area contributed by atoms with Crippen LogP contribution in [-0.4, -0.2) is 18.0 Å². The number of nitrogens with one attached hydrogen (secondary N) is 2. The molecule has 1 aromatic carbocycles. The number of benzene rings is 1. The molecule has 2 amide bonds. The van der Waals surface area contributed by atoms with Crippen LogP contribution in [0.2, 0.25) is 0 Å². The number of rotatable bonds is 3. The summed E-state index contributed by atoms with van der Waals surface area (Å²) in [4.78, 5) is 23.0. The third-order valence-electron chi connectivity index (χ3n) is 2.41. The summed E-state index contributed by atoms with van der Waals surface area (Å²) in [5, 5.41) is 5.83. The number of halogens is 1. The second kappa shape index (κ2) is 6.47. The molecule has 0 fully saturated rings. The van der Waals surface area contributed by atoms with Gasteiger partial charge in [0.1, 0.15) is 17.3 Å². The number of nitrogens with zero attached hydrogens (tertiary/aromatic N) is 1. The molecule has 1 aromatic heterocycles. The van der Waals surface area contributed by atoms with Crippen molar-refractivity contribution >= 4 is 23.7 Å². The van der Waals surface area contributed by atoms with Gasteiger partial charge in [0.2, 0.25) is 0 Å². The molecule has 21 heavy (non-hydrogen) atoms. The number of furan rings is 1. The van der Waals surface area contributed by atoms with Crippen LogP contribution in [0.1, 0.15) is 11.5 Å². The molecule has 1 heterocycles. The largest absolute Gasteiger partial charge is 0.460 e. The normalized spacial score (nSPS) is 10.6. The van der Waals surface area contributed by atoms with E-state index in [0.717, 1.165) is 6.07 Å². The minimum atomic E-state index is -0.973. The average molecular weight is 289 g/mol. The van der Waals surface area contributed by atoms with Crippen LogP contribution < -0.4 is 10.7 Å². The van der Waals surface area contributed by atoms with Gasteiger partial charge in [-0.25, -0.2) is 9.82 Å². The molecule has 0 aliphatic heterocycles. The Labute approximate surface area is 119 Å². The minimum absolute atomic E-state index is 0.181. The Bertz CT molecular complexity index is 694. The quantitative estimate of drug-likeness (QED) is 0.513. The summed E-state index contributed by atoms with van der Waals surface area (Å²) in [5.41, 5.74) is 2.22. The molecule has 0 saturated carbocycles. The molecule has 0 radical (unpaired) electrons. The zero-order valence-corrected chi connectivity index (χ0v) is 11.1. The van der Waals surface area contributed by atoms with E-state index in [-0.39, 0.29) is 5.69 Å². The van der Waals surface area contributed by atoms with Crippen molar-refractivity contribution in [3.05, 3.63) is 53.7 Å². The molecule has 7 heteroatoms. The lowest BCUT2D eigenvalue weighted by atomic mass is 10.3. The second-order valence-electron chi connectivity index (χ2n) is 4.11. The van der Waals surface area contributed by atoms with E-state index in [1.807, 2.05) is 5.43 Å². The van der Waals surface area contributed by atoms with E-state index < -0.39 is 17.6 Å². The van der Waals surface area contributed by atoms with Crippen LogP contribution in [0.3, 0.4) is 0 Å². The lowest BCUT2D eigenvalue weighted by Crippen LogP contribution is -2.32. The summed E-state index contributed by atoms with van der Waals surface area (Å²) < 4.78 is 18.1. The fourth-order valence-corrected chi connectivity index (χ4v) is 1.48. The molecular formula is C14H12FN3O3. The van der Waals surface area contributed by atoms with Crippen molar-refractivity contribution in [1.82, 2.24) is 5.43 Å². The van der Waals surface area contributed by atoms with Crippen LogP contribution in [0.15, 0.2) is 45.9 Å². The number of amides is 2. The number of aryl methyl sites for hydroxylation is 1. The summed E-state index contributed by atoms with van der Waals surface area (Å²) in [7, 11) is 0. The van der Waals surface area contributed by atoms with Gasteiger partial charge in [0, 0.05) is 5.69 Å². The van der Waals surface area contributed by atoms with Crippen molar-refractivity contribution in [2.24, 2.45) is 5.10 Å². The molecule has 0 aliphatic carbocycles. The van der Waals surface area contributed by atoms with Gasteiger partial charge in [-0.3, -0.25) is 9.59 Å². The summed E-state index contributed by atoms with van der Waals surface area (Å²) >= 11 is 0. The predicted molar refractivity (Wildman–Crippen MR) is 74.2 cm³/mol. The highest BCUT2D eigenvalue weighted by atomic mass is 19.1. The van der Waals surface area contributed by atoms with E-state index in [4.69, 9.17) is 4.42 Å². The Hall–Kier alpha value is -2.96. The number of carbonyl (C=O) groups excluding carboxylic acids is 2. The van der Waals surface area contributed by atoms with Crippen molar-refractivity contribution in [1.29, 1.82) is 0 Å². The van der Waals surface area contributed by atoms with Gasteiger partial charge < -0.3 is 9.73 Å². The molecule has 0 saturated heterocycles. The zero-order valence-electron chi connectivity index (χ0n) is 11.1. The molecule has 0 spiro atoms. The molecule has 0 unspecified atom stereocenters. The molecule has 6 nitrogen and oxygen atoms in total. The van der Waals surface area contributed by atoms with Crippen LogP contribution in [0.5, 0.6) is 0 Å². The first kappa shape index (κ1) is 14.4. The van der Waals surface area contributed by atoms with Gasteiger partial charge in [0.15, 0.2) is 0 Å². The molecule has 2 N–H and O–H groups in total. The van der Waals surface area contributed by atoms with Gasteiger partial charge in [-0.2, -0.15) is 5.10 Å². The highest BCUT2D eigenvalue weighted by Gasteiger charge is 2.13. The standard InChI is InChI=1S/C14H12FN3O3/c1-9-5-6-12(21-9)8-16-18-14(20)13(19)17-11-4-2-3-10(15)7-11/h2-8H,1H3,(H,17,19)(H,18,20). The van der Waals surface area contributed by atoms with E-state index in [1.54, 1.807) is 19.1 Å². The highest BCUT2D eigenvalue weighted by molar-refractivity contribution is 6.39. The lowest BCUT2D eigenvalue weighted by molar-refractivity contribution is -0.136. The molecule has 0 aliphatic rings. The summed E-state index contributed by atoms with van der Waals surface area (Å²) in [6.07, 6.45) is 1.26. The van der Waals surface area contributed by atoms with Crippen molar-refractivity contribution < 1.29 is 18.4 Å². The number of anilines is 1. The molecular weight excluding hydrogens is 277 g/mol. The smallest absolute Gasteiger partial charge is 0.329 e. The molecule has 0 atom stereocenters. The molecule has 2 aromatic rings. The third-order valence-corrected chi connectivity index (χ3v) is 2.41. The molecule has 0 bridgehead atoms. The average Bonchev–Trinajstić information content (AvgIpc) is 2.84. The van der Waals surface area contributed by atoms with Gasteiger partial charge in [-0.15, -0.1) is 0 Å². The first-order chi connectivity index (χ1) is 10.0. The SMILES string of the molecule is Cc1ccc(C=NNC(=O)C(=O)Nc2cccc(F)c2)o1. The van der Waals surface area contributed by atoms with Crippen LogP contribution in [0.4, 0.5) is 10.1 Å². The topological polar surface area (TPSA) is 83.7 Å². The Morgan fingerprint density at radius 2 is 2.05 bits per heavy atom. The molecule has 2 rings (SSSR count). The van der Waals surface area contributed by atoms with E-state index in [9.17, 15) is 14.0 Å². The van der Waals surface area contributed by atoms with Gasteiger partial charge in [-0.05, 0) is 37.3 Å². The van der Waals surface area contributed by atoms with E-state index in [1.165, 1.54) is 24.4 Å². The van der Waals surface area contributed by atoms with E-state index in [0.29, 0.717) is 11.5 Å². The van der Waals surface area contributed by atoms with Gasteiger partial charge in [0.25, 0.3) is 0 Å². The Balaban J connectivity index is 1.88. The summed E-state index contributed by atoms with van der Waals surface area (Å²) in [5.74, 6) is -1.29. The fraction of sp³-hybridized carbons (Fsp3) is 0.0714. The van der Waals surface area contributed by atoms with E-state index in [2.05, 4.69) is 10.4 Å². The predicted octanol–water partition coefficient (Wildman–Crippen LogP) is 1.82. The van der Waals surface area contributed by atoms with Gasteiger partial charge >= 0.3 is 11.8 Å². The first-order valence-corrected chi connectivity index (χ1v) is 6.01. The Morgan fingerprint density at radius 3 is 2.71 bits per heavy atom. The summed E-state index contributed by atoms with van der Waals surface area (Å²) in [6, 6.07) is 8.60. The monoisotopic (exact) mass is 289 g/mol. The third kappa shape index (κ3) is 4.27. The van der Waals surface area contributed by atoms with Crippen LogP contribution in [0.25, 0.3) is 0 Å². The van der Waals surface area contributed by atoms with Gasteiger partial charge in [-0.1, -0.05) is 6.07 Å². The van der Waals surface area contributed by atoms with Crippen molar-refractivity contribution in [2.75, 3.05) is 5.32 Å². The Morgan fingerprint density at radius 1 is 1.24 bits per heavy atom. The second-order valence-corrected chi connectivity index (χ2v) is 4.11. The summed E-state index contributed by atoms with van der Waals surface area (Å²) in [6.45, 7) is 1.77. The number of hydrogen-bond acceptors (Lipinski definition) is 4. The fourth-order valence-electron chi connectivity index (χ4n) is 1.48. The maximum Gasteiger partial charge on any atom is 0.329 e. The number of hydrazone groups is 1. The van der Waals surface area contributed by atoms with Crippen molar-refractivity contribution in [2.45, 2.75) is 6.92 Å². The minimum Gasteiger partial charge on any atom is -0.460 e. The number of carbonyl (C=O) groups is 2. The van der Waals surface area contributed by atoms with Gasteiger partial charge in [0.05, 0.1) is 6.21 Å². The highest BCUT2D eigenvalue weighted by Crippen LogP contribution is 2.08. The maximum absolute atomic E-state index is 12.9. The lowest BCUT2D eigenvalue weighted by Gasteiger charge is -2.03.